The zero-order valence-electron chi connectivity index (χ0n) is 8.93. The van der Waals surface area contributed by atoms with Crippen molar-refractivity contribution >= 4 is 5.97 Å². The van der Waals surface area contributed by atoms with E-state index in [1.54, 1.807) is 19.1 Å². The quantitative estimate of drug-likeness (QED) is 0.750. The van der Waals surface area contributed by atoms with Gasteiger partial charge in [0.2, 0.25) is 0 Å². The molecule has 0 spiro atoms. The lowest BCUT2D eigenvalue weighted by molar-refractivity contribution is -0.151. The Morgan fingerprint density at radius 1 is 1.44 bits per heavy atom. The van der Waals surface area contributed by atoms with Crippen LogP contribution in [-0.4, -0.2) is 33.9 Å². The van der Waals surface area contributed by atoms with Gasteiger partial charge in [-0.15, -0.1) is 9.60 Å². The van der Waals surface area contributed by atoms with Crippen LogP contribution in [0.1, 0.15) is 12.5 Å². The van der Waals surface area contributed by atoms with Crippen molar-refractivity contribution in [2.75, 3.05) is 6.54 Å². The topological polar surface area (TPSA) is 60.8 Å². The number of phenols is 1. The van der Waals surface area contributed by atoms with E-state index in [0.29, 0.717) is 5.56 Å². The maximum Gasteiger partial charge on any atom is 0.323 e. The molecule has 0 aliphatic carbocycles. The van der Waals surface area contributed by atoms with E-state index in [-0.39, 0.29) is 23.8 Å². The molecule has 88 valence electrons. The van der Waals surface area contributed by atoms with E-state index in [2.05, 4.69) is 0 Å². The number of aliphatic carboxylic acids is 1. The zero-order chi connectivity index (χ0) is 12.1. The minimum Gasteiger partial charge on any atom is -0.508 e. The van der Waals surface area contributed by atoms with Crippen LogP contribution in [0.2, 0.25) is 0 Å². The lowest BCUT2D eigenvalue weighted by atomic mass is 10.1. The minimum atomic E-state index is -1.20. The molecule has 4 nitrogen and oxygen atoms in total. The van der Waals surface area contributed by atoms with Gasteiger partial charge in [-0.3, -0.25) is 4.79 Å². The molecule has 1 rings (SSSR count). The molecule has 0 amide bonds. The normalized spacial score (nSPS) is 12.7. The number of hydrogen-bond acceptors (Lipinski definition) is 3. The Labute approximate surface area is 92.9 Å². The second kappa shape index (κ2) is 5.46. The number of hydrogen-bond donors (Lipinski definition) is 2. The van der Waals surface area contributed by atoms with Crippen LogP contribution in [0.25, 0.3) is 0 Å². The maximum absolute atomic E-state index is 13.2. The standard InChI is InChI=1S/C11H14FNO3/c1-2-13(12)10(11(15)16)7-8-3-5-9(14)6-4-8/h3-6,10,14H,2,7H2,1H3,(H,15,16)/t10-/m0/s1. The second-order valence-corrected chi connectivity index (χ2v) is 3.44. The molecule has 1 aromatic carbocycles. The van der Waals surface area contributed by atoms with Gasteiger partial charge >= 0.3 is 5.97 Å². The molecule has 0 aromatic heterocycles. The van der Waals surface area contributed by atoms with E-state index in [4.69, 9.17) is 10.2 Å². The molecule has 0 heterocycles. The summed E-state index contributed by atoms with van der Waals surface area (Å²) in [6, 6.07) is 4.87. The second-order valence-electron chi connectivity index (χ2n) is 3.44. The molecule has 0 unspecified atom stereocenters. The SMILES string of the molecule is CCN(F)[C@@H](Cc1ccc(O)cc1)C(=O)O. The van der Waals surface area contributed by atoms with Crippen molar-refractivity contribution in [3.05, 3.63) is 29.8 Å². The van der Waals surface area contributed by atoms with Crippen molar-refractivity contribution in [3.8, 4) is 5.75 Å². The summed E-state index contributed by atoms with van der Waals surface area (Å²) in [5, 5.41) is 18.2. The fraction of sp³-hybridized carbons (Fsp3) is 0.364. The van der Waals surface area contributed by atoms with Crippen molar-refractivity contribution in [3.63, 3.8) is 0 Å². The monoisotopic (exact) mass is 227 g/mol. The van der Waals surface area contributed by atoms with Gasteiger partial charge in [0.25, 0.3) is 0 Å². The molecule has 5 heteroatoms. The van der Waals surface area contributed by atoms with Crippen LogP contribution >= 0.6 is 0 Å². The molecule has 0 saturated carbocycles. The molecule has 0 aliphatic rings. The molecule has 0 bridgehead atoms. The summed E-state index contributed by atoms with van der Waals surface area (Å²) >= 11 is 0. The van der Waals surface area contributed by atoms with Crippen LogP contribution in [0, 0.1) is 0 Å². The van der Waals surface area contributed by atoms with Crippen molar-refractivity contribution in [1.29, 1.82) is 0 Å². The number of phenolic OH excluding ortho intramolecular Hbond substituents is 1. The summed E-state index contributed by atoms with van der Waals surface area (Å²) in [4.78, 5) is 10.8. The molecule has 0 fully saturated rings. The first-order chi connectivity index (χ1) is 7.54. The molecule has 16 heavy (non-hydrogen) atoms. The number of benzene rings is 1. The van der Waals surface area contributed by atoms with E-state index in [0.717, 1.165) is 0 Å². The van der Waals surface area contributed by atoms with Gasteiger partial charge in [-0.1, -0.05) is 12.1 Å². The van der Waals surface area contributed by atoms with Crippen molar-refractivity contribution < 1.29 is 19.5 Å². The highest BCUT2D eigenvalue weighted by molar-refractivity contribution is 5.73. The maximum atomic E-state index is 13.2. The molecular weight excluding hydrogens is 213 g/mol. The van der Waals surface area contributed by atoms with E-state index in [1.807, 2.05) is 0 Å². The van der Waals surface area contributed by atoms with Crippen LogP contribution in [-0.2, 0) is 11.2 Å². The van der Waals surface area contributed by atoms with Gasteiger partial charge in [-0.05, 0) is 24.6 Å². The Balaban J connectivity index is 2.75. The van der Waals surface area contributed by atoms with Gasteiger partial charge in [-0.2, -0.15) is 0 Å². The molecule has 0 saturated heterocycles. The fourth-order valence-electron chi connectivity index (χ4n) is 1.38. The van der Waals surface area contributed by atoms with Gasteiger partial charge in [0.1, 0.15) is 11.8 Å². The lowest BCUT2D eigenvalue weighted by Gasteiger charge is -2.18. The van der Waals surface area contributed by atoms with Gasteiger partial charge in [0.15, 0.2) is 0 Å². The van der Waals surface area contributed by atoms with Crippen molar-refractivity contribution in [2.24, 2.45) is 0 Å². The minimum absolute atomic E-state index is 0.0229. The van der Waals surface area contributed by atoms with Crippen molar-refractivity contribution in [1.82, 2.24) is 5.12 Å². The summed E-state index contributed by atoms with van der Waals surface area (Å²) in [5.41, 5.74) is 0.668. The predicted octanol–water partition coefficient (Wildman–Crippen LogP) is 1.59. The summed E-state index contributed by atoms with van der Waals surface area (Å²) in [6.07, 6.45) is 0.0694. The summed E-state index contributed by atoms with van der Waals surface area (Å²) in [5.74, 6) is -1.10. The highest BCUT2D eigenvalue weighted by Crippen LogP contribution is 2.14. The number of carbonyl (C=O) groups is 1. The predicted molar refractivity (Wildman–Crippen MR) is 56.7 cm³/mol. The van der Waals surface area contributed by atoms with Gasteiger partial charge in [0.05, 0.1) is 0 Å². The van der Waals surface area contributed by atoms with Crippen LogP contribution in [0.15, 0.2) is 24.3 Å². The number of likely N-dealkylation sites (N-methyl/N-ethyl adjacent to an activating group) is 1. The number of carboxylic acids is 1. The van der Waals surface area contributed by atoms with Gasteiger partial charge in [-0.25, -0.2) is 0 Å². The number of nitrogens with zero attached hydrogens (tertiary/aromatic N) is 1. The molecule has 0 aliphatic heterocycles. The average Bonchev–Trinajstić information content (AvgIpc) is 2.27. The number of rotatable bonds is 5. The molecular formula is C11H14FNO3. The Bertz CT molecular complexity index is 353. The first-order valence-electron chi connectivity index (χ1n) is 4.97. The van der Waals surface area contributed by atoms with E-state index < -0.39 is 12.0 Å². The number of aromatic hydroxyl groups is 1. The van der Waals surface area contributed by atoms with E-state index >= 15 is 0 Å². The van der Waals surface area contributed by atoms with Crippen molar-refractivity contribution in [2.45, 2.75) is 19.4 Å². The average molecular weight is 227 g/mol. The zero-order valence-corrected chi connectivity index (χ0v) is 8.93. The molecule has 1 atom stereocenters. The third-order valence-corrected chi connectivity index (χ3v) is 2.29. The fourth-order valence-corrected chi connectivity index (χ4v) is 1.38. The Morgan fingerprint density at radius 3 is 2.44 bits per heavy atom. The Morgan fingerprint density at radius 2 is 2.00 bits per heavy atom. The van der Waals surface area contributed by atoms with E-state index in [9.17, 15) is 9.28 Å². The van der Waals surface area contributed by atoms with Crippen LogP contribution in [0.5, 0.6) is 5.75 Å². The first kappa shape index (κ1) is 12.4. The summed E-state index contributed by atoms with van der Waals surface area (Å²) in [7, 11) is 0. The lowest BCUT2D eigenvalue weighted by Crippen LogP contribution is -2.37. The first-order valence-corrected chi connectivity index (χ1v) is 4.97. The molecule has 2 N–H and O–H groups in total. The molecule has 1 aromatic rings. The molecule has 0 radical (unpaired) electrons. The summed E-state index contributed by atoms with van der Waals surface area (Å²) < 4.78 is 13.2. The third-order valence-electron chi connectivity index (χ3n) is 2.29. The highest BCUT2D eigenvalue weighted by Gasteiger charge is 2.24. The van der Waals surface area contributed by atoms with Crippen LogP contribution < -0.4 is 0 Å². The highest BCUT2D eigenvalue weighted by atomic mass is 19.2. The van der Waals surface area contributed by atoms with E-state index in [1.165, 1.54) is 12.1 Å². The smallest absolute Gasteiger partial charge is 0.323 e. The Hall–Kier alpha value is -1.62. The van der Waals surface area contributed by atoms with Crippen LogP contribution in [0.3, 0.4) is 0 Å². The largest absolute Gasteiger partial charge is 0.508 e. The number of halogens is 1. The van der Waals surface area contributed by atoms with Crippen LogP contribution in [0.4, 0.5) is 4.48 Å². The van der Waals surface area contributed by atoms with Gasteiger partial charge in [0, 0.05) is 13.0 Å². The summed E-state index contributed by atoms with van der Waals surface area (Å²) in [6.45, 7) is 1.57. The van der Waals surface area contributed by atoms with Gasteiger partial charge < -0.3 is 10.2 Å². The number of carboxylic acid groups (broad SMARTS) is 1. The Kier molecular flexibility index (Phi) is 4.25. The third kappa shape index (κ3) is 3.20.